The number of halogens is 1. The van der Waals surface area contributed by atoms with Gasteiger partial charge in [0.25, 0.3) is 0 Å². The molecule has 0 radical (unpaired) electrons. The molecule has 1 rings (SSSR count). The molecule has 0 fully saturated rings. The highest BCUT2D eigenvalue weighted by molar-refractivity contribution is 6.30. The molecule has 0 saturated carbocycles. The van der Waals surface area contributed by atoms with Crippen molar-refractivity contribution in [3.8, 4) is 0 Å². The lowest BCUT2D eigenvalue weighted by Crippen LogP contribution is -2.14. The van der Waals surface area contributed by atoms with Crippen LogP contribution in [0.2, 0.25) is 5.02 Å². The van der Waals surface area contributed by atoms with Gasteiger partial charge in [-0.15, -0.1) is 0 Å². The van der Waals surface area contributed by atoms with Crippen molar-refractivity contribution in [1.82, 2.24) is 0 Å². The van der Waals surface area contributed by atoms with E-state index in [0.29, 0.717) is 11.4 Å². The summed E-state index contributed by atoms with van der Waals surface area (Å²) in [6.45, 7) is -0.206. The first-order valence-corrected chi connectivity index (χ1v) is 4.13. The maximum Gasteiger partial charge on any atom is 0.0811 e. The zero-order valence-electron chi connectivity index (χ0n) is 6.57. The third-order valence-electron chi connectivity index (χ3n) is 1.60. The highest BCUT2D eigenvalue weighted by Gasteiger charge is 2.02. The van der Waals surface area contributed by atoms with E-state index in [1.54, 1.807) is 12.1 Å². The second-order valence-corrected chi connectivity index (χ2v) is 3.10. The van der Waals surface area contributed by atoms with E-state index < -0.39 is 6.10 Å². The zero-order chi connectivity index (χ0) is 8.97. The quantitative estimate of drug-likeness (QED) is 0.746. The van der Waals surface area contributed by atoms with Crippen LogP contribution in [-0.4, -0.2) is 22.9 Å². The van der Waals surface area contributed by atoms with Crippen LogP contribution in [0.4, 0.5) is 0 Å². The molecule has 3 heteroatoms. The monoisotopic (exact) mass is 186 g/mol. The van der Waals surface area contributed by atoms with Gasteiger partial charge in [0.05, 0.1) is 12.7 Å². The van der Waals surface area contributed by atoms with Crippen molar-refractivity contribution >= 4 is 11.6 Å². The van der Waals surface area contributed by atoms with Gasteiger partial charge in [-0.05, 0) is 17.7 Å². The molecule has 2 nitrogen and oxygen atoms in total. The smallest absolute Gasteiger partial charge is 0.0811 e. The summed E-state index contributed by atoms with van der Waals surface area (Å²) in [4.78, 5) is 0. The second kappa shape index (κ2) is 4.45. The molecule has 1 aromatic rings. The van der Waals surface area contributed by atoms with Crippen molar-refractivity contribution < 1.29 is 10.2 Å². The van der Waals surface area contributed by atoms with Gasteiger partial charge >= 0.3 is 0 Å². The normalized spacial score (nSPS) is 12.9. The summed E-state index contributed by atoms with van der Waals surface area (Å²) in [5, 5.41) is 18.4. The van der Waals surface area contributed by atoms with Crippen LogP contribution in [0.25, 0.3) is 0 Å². The van der Waals surface area contributed by atoms with Crippen molar-refractivity contribution in [3.05, 3.63) is 34.9 Å². The second-order valence-electron chi connectivity index (χ2n) is 2.67. The standard InChI is InChI=1S/C9H11ClO2/c10-8-3-1-7(2-4-8)5-9(12)6-11/h1-4,9,11-12H,5-6H2/t9-/m0/s1. The first-order chi connectivity index (χ1) is 5.72. The largest absolute Gasteiger partial charge is 0.394 e. The van der Waals surface area contributed by atoms with Crippen LogP contribution in [0, 0.1) is 0 Å². The minimum absolute atomic E-state index is 0.206. The van der Waals surface area contributed by atoms with Gasteiger partial charge in [0.1, 0.15) is 0 Å². The average Bonchev–Trinajstić information content (AvgIpc) is 2.09. The van der Waals surface area contributed by atoms with Crippen LogP contribution >= 0.6 is 11.6 Å². The van der Waals surface area contributed by atoms with Crippen LogP contribution in [0.1, 0.15) is 5.56 Å². The van der Waals surface area contributed by atoms with Crippen LogP contribution in [0.3, 0.4) is 0 Å². The summed E-state index contributed by atoms with van der Waals surface area (Å²) in [7, 11) is 0. The Morgan fingerprint density at radius 2 is 1.83 bits per heavy atom. The van der Waals surface area contributed by atoms with E-state index in [0.717, 1.165) is 5.56 Å². The van der Waals surface area contributed by atoms with Gasteiger partial charge in [-0.2, -0.15) is 0 Å². The number of benzene rings is 1. The van der Waals surface area contributed by atoms with Crippen molar-refractivity contribution in [1.29, 1.82) is 0 Å². The first kappa shape index (κ1) is 9.52. The maximum absolute atomic E-state index is 9.10. The molecule has 1 atom stereocenters. The van der Waals surface area contributed by atoms with E-state index in [1.807, 2.05) is 12.1 Å². The lowest BCUT2D eigenvalue weighted by molar-refractivity contribution is 0.0955. The summed E-state index contributed by atoms with van der Waals surface area (Å²) < 4.78 is 0. The molecule has 12 heavy (non-hydrogen) atoms. The molecule has 66 valence electrons. The fourth-order valence-electron chi connectivity index (χ4n) is 0.957. The number of aliphatic hydroxyl groups excluding tert-OH is 2. The summed E-state index contributed by atoms with van der Waals surface area (Å²) in [5.41, 5.74) is 0.973. The molecule has 0 bridgehead atoms. The lowest BCUT2D eigenvalue weighted by Gasteiger charge is -2.06. The predicted octanol–water partition coefficient (Wildman–Crippen LogP) is 1.24. The molecule has 1 aromatic carbocycles. The van der Waals surface area contributed by atoms with Crippen molar-refractivity contribution in [3.63, 3.8) is 0 Å². The van der Waals surface area contributed by atoms with Crippen LogP contribution in [0.15, 0.2) is 24.3 Å². The summed E-state index contributed by atoms with van der Waals surface area (Å²) in [5.74, 6) is 0. The van der Waals surface area contributed by atoms with Crippen LogP contribution < -0.4 is 0 Å². The Kier molecular flexibility index (Phi) is 3.53. The average molecular weight is 187 g/mol. The maximum atomic E-state index is 9.10. The van der Waals surface area contributed by atoms with Crippen LogP contribution in [-0.2, 0) is 6.42 Å². The number of aliphatic hydroxyl groups is 2. The highest BCUT2D eigenvalue weighted by Crippen LogP contribution is 2.10. The number of rotatable bonds is 3. The van der Waals surface area contributed by atoms with Crippen molar-refractivity contribution in [2.75, 3.05) is 6.61 Å². The van der Waals surface area contributed by atoms with Crippen LogP contribution in [0.5, 0.6) is 0 Å². The van der Waals surface area contributed by atoms with E-state index in [-0.39, 0.29) is 6.61 Å². The summed E-state index contributed by atoms with van der Waals surface area (Å²) >= 11 is 5.67. The Bertz CT molecular complexity index is 233. The zero-order valence-corrected chi connectivity index (χ0v) is 7.33. The number of hydrogen-bond donors (Lipinski definition) is 2. The fraction of sp³-hybridized carbons (Fsp3) is 0.333. The molecule has 0 unspecified atom stereocenters. The van der Waals surface area contributed by atoms with E-state index in [9.17, 15) is 0 Å². The Hall–Kier alpha value is -0.570. The molecule has 0 aliphatic carbocycles. The lowest BCUT2D eigenvalue weighted by atomic mass is 10.1. The summed E-state index contributed by atoms with van der Waals surface area (Å²) in [6.07, 6.45) is -0.209. The van der Waals surface area contributed by atoms with Gasteiger partial charge in [0.2, 0.25) is 0 Å². The summed E-state index contributed by atoms with van der Waals surface area (Å²) in [6, 6.07) is 7.20. The van der Waals surface area contributed by atoms with Gasteiger partial charge in [0, 0.05) is 11.4 Å². The van der Waals surface area contributed by atoms with Crippen molar-refractivity contribution in [2.45, 2.75) is 12.5 Å². The van der Waals surface area contributed by atoms with E-state index >= 15 is 0 Å². The van der Waals surface area contributed by atoms with Gasteiger partial charge in [0.15, 0.2) is 0 Å². The molecular formula is C9H11ClO2. The topological polar surface area (TPSA) is 40.5 Å². The van der Waals surface area contributed by atoms with E-state index in [1.165, 1.54) is 0 Å². The number of hydrogen-bond acceptors (Lipinski definition) is 2. The Morgan fingerprint density at radius 3 is 2.33 bits per heavy atom. The molecule has 0 spiro atoms. The minimum Gasteiger partial charge on any atom is -0.394 e. The van der Waals surface area contributed by atoms with Gasteiger partial charge in [-0.3, -0.25) is 0 Å². The highest BCUT2D eigenvalue weighted by atomic mass is 35.5. The Balaban J connectivity index is 2.58. The molecule has 0 heterocycles. The molecule has 0 aliphatic rings. The predicted molar refractivity (Wildman–Crippen MR) is 48.2 cm³/mol. The Morgan fingerprint density at radius 1 is 1.25 bits per heavy atom. The first-order valence-electron chi connectivity index (χ1n) is 3.75. The van der Waals surface area contributed by atoms with Gasteiger partial charge in [-0.1, -0.05) is 23.7 Å². The van der Waals surface area contributed by atoms with Crippen molar-refractivity contribution in [2.24, 2.45) is 0 Å². The fourth-order valence-corrected chi connectivity index (χ4v) is 1.08. The molecule has 0 aliphatic heterocycles. The van der Waals surface area contributed by atoms with E-state index in [2.05, 4.69) is 0 Å². The van der Waals surface area contributed by atoms with Gasteiger partial charge in [-0.25, -0.2) is 0 Å². The molecule has 0 aromatic heterocycles. The third-order valence-corrected chi connectivity index (χ3v) is 1.85. The minimum atomic E-state index is -0.675. The SMILES string of the molecule is OC[C@@H](O)Cc1ccc(Cl)cc1. The van der Waals surface area contributed by atoms with E-state index in [4.69, 9.17) is 21.8 Å². The van der Waals surface area contributed by atoms with Gasteiger partial charge < -0.3 is 10.2 Å². The molecule has 0 amide bonds. The molecule has 2 N–H and O–H groups in total. The molecular weight excluding hydrogens is 176 g/mol. The Labute approximate surface area is 76.4 Å². The third kappa shape index (κ3) is 2.81. The molecule has 0 saturated heterocycles.